The molecule has 1 rings (SSSR count). The third-order valence-corrected chi connectivity index (χ3v) is 2.59. The van der Waals surface area contributed by atoms with Crippen LogP contribution in [0.15, 0.2) is 22.7 Å². The lowest BCUT2D eigenvalue weighted by molar-refractivity contribution is -0.170. The van der Waals surface area contributed by atoms with E-state index in [2.05, 4.69) is 15.9 Å². The Labute approximate surface area is 108 Å². The molecule has 0 heterocycles. The van der Waals surface area contributed by atoms with Gasteiger partial charge in [-0.2, -0.15) is 13.2 Å². The highest BCUT2D eigenvalue weighted by molar-refractivity contribution is 9.10. The number of anilines is 1. The second-order valence-corrected chi connectivity index (χ2v) is 4.24. The molecule has 0 saturated heterocycles. The van der Waals surface area contributed by atoms with E-state index in [-0.39, 0.29) is 10.6 Å². The van der Waals surface area contributed by atoms with Crippen molar-refractivity contribution < 1.29 is 27.9 Å². The number of benzene rings is 1. The zero-order valence-electron chi connectivity index (χ0n) is 8.95. The molecule has 4 nitrogen and oxygen atoms in total. The van der Waals surface area contributed by atoms with E-state index < -0.39 is 23.6 Å². The second kappa shape index (κ2) is 4.97. The second-order valence-electron chi connectivity index (χ2n) is 3.33. The molecule has 0 aliphatic heterocycles. The van der Waals surface area contributed by atoms with Gasteiger partial charge < -0.3 is 10.0 Å². The van der Waals surface area contributed by atoms with E-state index in [1.807, 2.05) is 0 Å². The molecule has 1 N–H and O–H groups in total. The first kappa shape index (κ1) is 14.5. The van der Waals surface area contributed by atoms with Crippen LogP contribution in [-0.4, -0.2) is 30.2 Å². The van der Waals surface area contributed by atoms with E-state index in [1.165, 1.54) is 6.07 Å². The lowest BCUT2D eigenvalue weighted by Gasteiger charge is -2.20. The van der Waals surface area contributed by atoms with Crippen LogP contribution in [0.2, 0.25) is 0 Å². The van der Waals surface area contributed by atoms with Crippen molar-refractivity contribution in [2.24, 2.45) is 0 Å². The van der Waals surface area contributed by atoms with Gasteiger partial charge in [0.1, 0.15) is 0 Å². The number of halogens is 4. The molecule has 0 unspecified atom stereocenters. The summed E-state index contributed by atoms with van der Waals surface area (Å²) in [5, 5.41) is 8.88. The lowest BCUT2D eigenvalue weighted by atomic mass is 10.1. The molecule has 1 amide bonds. The molecule has 0 aliphatic carbocycles. The molecule has 18 heavy (non-hydrogen) atoms. The van der Waals surface area contributed by atoms with Gasteiger partial charge in [-0.3, -0.25) is 4.79 Å². The van der Waals surface area contributed by atoms with Crippen LogP contribution >= 0.6 is 15.9 Å². The fraction of sp³-hybridized carbons (Fsp3) is 0.200. The summed E-state index contributed by atoms with van der Waals surface area (Å²) >= 11 is 3.00. The van der Waals surface area contributed by atoms with E-state index in [9.17, 15) is 22.8 Å². The SMILES string of the molecule is CN(C(=O)C(F)(F)F)c1ccc(Br)cc1C(=O)O. The standard InChI is InChI=1S/C10H7BrF3NO3/c1-15(9(18)10(12,13)14)7-3-2-5(11)4-6(7)8(16)17/h2-4H,1H3,(H,16,17). The van der Waals surface area contributed by atoms with Crippen molar-refractivity contribution in [3.63, 3.8) is 0 Å². The van der Waals surface area contributed by atoms with Crippen molar-refractivity contribution in [1.29, 1.82) is 0 Å². The molecule has 0 atom stereocenters. The summed E-state index contributed by atoms with van der Waals surface area (Å²) in [5.41, 5.74) is -0.725. The number of carboxylic acids is 1. The third-order valence-electron chi connectivity index (χ3n) is 2.10. The fourth-order valence-electron chi connectivity index (χ4n) is 1.27. The van der Waals surface area contributed by atoms with Crippen molar-refractivity contribution in [3.8, 4) is 0 Å². The minimum Gasteiger partial charge on any atom is -0.478 e. The van der Waals surface area contributed by atoms with Crippen LogP contribution in [0.3, 0.4) is 0 Å². The van der Waals surface area contributed by atoms with Crippen molar-refractivity contribution in [1.82, 2.24) is 0 Å². The zero-order valence-corrected chi connectivity index (χ0v) is 10.5. The Morgan fingerprint density at radius 1 is 1.33 bits per heavy atom. The normalized spacial score (nSPS) is 11.2. The molecule has 0 spiro atoms. The molecular formula is C10H7BrF3NO3. The largest absolute Gasteiger partial charge is 0.478 e. The molecule has 0 radical (unpaired) electrons. The Kier molecular flexibility index (Phi) is 4.00. The molecular weight excluding hydrogens is 319 g/mol. The van der Waals surface area contributed by atoms with Gasteiger partial charge in [0.05, 0.1) is 11.3 Å². The maximum atomic E-state index is 12.2. The average Bonchev–Trinajstić information content (AvgIpc) is 2.25. The average molecular weight is 326 g/mol. The monoisotopic (exact) mass is 325 g/mol. The van der Waals surface area contributed by atoms with Gasteiger partial charge in [0, 0.05) is 11.5 Å². The van der Waals surface area contributed by atoms with Crippen molar-refractivity contribution >= 4 is 33.5 Å². The number of rotatable bonds is 2. The van der Waals surface area contributed by atoms with Gasteiger partial charge in [0.2, 0.25) is 0 Å². The number of hydrogen-bond acceptors (Lipinski definition) is 2. The first-order chi connectivity index (χ1) is 8.14. The van der Waals surface area contributed by atoms with Crippen LogP contribution in [-0.2, 0) is 4.79 Å². The van der Waals surface area contributed by atoms with Gasteiger partial charge in [0.15, 0.2) is 0 Å². The van der Waals surface area contributed by atoms with Gasteiger partial charge in [0.25, 0.3) is 0 Å². The number of amides is 1. The number of nitrogens with zero attached hydrogens (tertiary/aromatic N) is 1. The molecule has 0 saturated carbocycles. The number of alkyl halides is 3. The predicted octanol–water partition coefficient (Wildman–Crippen LogP) is 2.67. The molecule has 1 aromatic rings. The number of hydrogen-bond donors (Lipinski definition) is 1. The smallest absolute Gasteiger partial charge is 0.471 e. The van der Waals surface area contributed by atoms with Crippen molar-refractivity contribution in [2.45, 2.75) is 6.18 Å². The number of aromatic carboxylic acids is 1. The minimum atomic E-state index is -5.06. The summed E-state index contributed by atoms with van der Waals surface area (Å²) in [4.78, 5) is 22.2. The summed E-state index contributed by atoms with van der Waals surface area (Å²) < 4.78 is 37.1. The summed E-state index contributed by atoms with van der Waals surface area (Å²) in [5.74, 6) is -3.56. The molecule has 1 aromatic carbocycles. The van der Waals surface area contributed by atoms with Gasteiger partial charge in [-0.05, 0) is 18.2 Å². The Morgan fingerprint density at radius 3 is 2.33 bits per heavy atom. The molecule has 0 fully saturated rings. The molecule has 98 valence electrons. The third kappa shape index (κ3) is 3.00. The van der Waals surface area contributed by atoms with E-state index >= 15 is 0 Å². The maximum absolute atomic E-state index is 12.2. The van der Waals surface area contributed by atoms with Crippen LogP contribution in [0.1, 0.15) is 10.4 Å². The first-order valence-corrected chi connectivity index (χ1v) is 5.31. The van der Waals surface area contributed by atoms with E-state index in [1.54, 1.807) is 0 Å². The highest BCUT2D eigenvalue weighted by Crippen LogP contribution is 2.27. The van der Waals surface area contributed by atoms with Gasteiger partial charge >= 0.3 is 18.1 Å². The molecule has 0 aromatic heterocycles. The van der Waals surface area contributed by atoms with Crippen LogP contribution in [0, 0.1) is 0 Å². The van der Waals surface area contributed by atoms with Gasteiger partial charge in [-0.15, -0.1) is 0 Å². The summed E-state index contributed by atoms with van der Waals surface area (Å²) in [6.07, 6.45) is -5.06. The Bertz CT molecular complexity index is 502. The Balaban J connectivity index is 3.25. The predicted molar refractivity (Wildman–Crippen MR) is 60.6 cm³/mol. The summed E-state index contributed by atoms with van der Waals surface area (Å²) in [6.45, 7) is 0. The van der Waals surface area contributed by atoms with Gasteiger partial charge in [-0.25, -0.2) is 4.79 Å². The van der Waals surface area contributed by atoms with E-state index in [4.69, 9.17) is 5.11 Å². The Morgan fingerprint density at radius 2 is 1.89 bits per heavy atom. The highest BCUT2D eigenvalue weighted by Gasteiger charge is 2.42. The number of carbonyl (C=O) groups is 2. The van der Waals surface area contributed by atoms with Crippen molar-refractivity contribution in [2.75, 3.05) is 11.9 Å². The summed E-state index contributed by atoms with van der Waals surface area (Å²) in [7, 11) is 0.867. The summed E-state index contributed by atoms with van der Waals surface area (Å²) in [6, 6.07) is 3.59. The van der Waals surface area contributed by atoms with E-state index in [0.29, 0.717) is 4.47 Å². The van der Waals surface area contributed by atoms with Crippen LogP contribution in [0.4, 0.5) is 18.9 Å². The van der Waals surface area contributed by atoms with Crippen LogP contribution < -0.4 is 4.90 Å². The number of carboxylic acid groups (broad SMARTS) is 1. The van der Waals surface area contributed by atoms with E-state index in [0.717, 1.165) is 19.2 Å². The minimum absolute atomic E-state index is 0.260. The fourth-order valence-corrected chi connectivity index (χ4v) is 1.63. The van der Waals surface area contributed by atoms with Crippen molar-refractivity contribution in [3.05, 3.63) is 28.2 Å². The lowest BCUT2D eigenvalue weighted by Crippen LogP contribution is -2.39. The molecule has 8 heteroatoms. The van der Waals surface area contributed by atoms with Crippen LogP contribution in [0.25, 0.3) is 0 Å². The van der Waals surface area contributed by atoms with Crippen LogP contribution in [0.5, 0.6) is 0 Å². The maximum Gasteiger partial charge on any atom is 0.471 e. The number of carbonyl (C=O) groups excluding carboxylic acids is 1. The quantitative estimate of drug-likeness (QED) is 0.909. The molecule has 0 aliphatic rings. The topological polar surface area (TPSA) is 57.6 Å². The highest BCUT2D eigenvalue weighted by atomic mass is 79.9. The zero-order chi connectivity index (χ0) is 14.1. The Hall–Kier alpha value is -1.57. The first-order valence-electron chi connectivity index (χ1n) is 4.52. The van der Waals surface area contributed by atoms with Gasteiger partial charge in [-0.1, -0.05) is 15.9 Å². The molecule has 0 bridgehead atoms.